The Morgan fingerprint density at radius 2 is 2.04 bits per heavy atom. The van der Waals surface area contributed by atoms with Crippen molar-refractivity contribution in [3.8, 4) is 0 Å². The lowest BCUT2D eigenvalue weighted by molar-refractivity contribution is -0.387. The normalized spacial score (nSPS) is 10.6. The van der Waals surface area contributed by atoms with Crippen molar-refractivity contribution in [2.24, 2.45) is 0 Å². The zero-order valence-corrected chi connectivity index (χ0v) is 15.1. The monoisotopic (exact) mass is 403 g/mol. The van der Waals surface area contributed by atoms with Gasteiger partial charge in [-0.25, -0.2) is 9.89 Å². The molecule has 1 amide bonds. The van der Waals surface area contributed by atoms with E-state index in [1.807, 2.05) is 30.3 Å². The molecular formula is C17H14FN5O4S. The Kier molecular flexibility index (Phi) is 5.84. The van der Waals surface area contributed by atoms with Crippen molar-refractivity contribution in [2.45, 2.75) is 11.7 Å². The lowest BCUT2D eigenvalue weighted by Crippen LogP contribution is -2.19. The van der Waals surface area contributed by atoms with E-state index in [0.717, 1.165) is 29.5 Å². The van der Waals surface area contributed by atoms with Crippen LogP contribution in [-0.4, -0.2) is 31.3 Å². The van der Waals surface area contributed by atoms with Gasteiger partial charge < -0.3 is 5.32 Å². The zero-order valence-electron chi connectivity index (χ0n) is 14.3. The molecule has 11 heteroatoms. The molecule has 28 heavy (non-hydrogen) atoms. The smallest absolute Gasteiger partial charge is 0.325 e. The maximum atomic E-state index is 13.4. The van der Waals surface area contributed by atoms with Gasteiger partial charge in [-0.15, -0.1) is 5.10 Å². The van der Waals surface area contributed by atoms with E-state index in [2.05, 4.69) is 15.5 Å². The molecular weight excluding hydrogens is 389 g/mol. The van der Waals surface area contributed by atoms with Gasteiger partial charge in [0.25, 0.3) is 0 Å². The Morgan fingerprint density at radius 3 is 2.75 bits per heavy atom. The fourth-order valence-corrected chi connectivity index (χ4v) is 3.12. The van der Waals surface area contributed by atoms with E-state index in [-0.39, 0.29) is 11.4 Å². The van der Waals surface area contributed by atoms with Crippen LogP contribution >= 0.6 is 11.8 Å². The molecule has 0 atom stereocenters. The summed E-state index contributed by atoms with van der Waals surface area (Å²) < 4.78 is 14.7. The molecule has 144 valence electrons. The molecule has 3 aromatic rings. The van der Waals surface area contributed by atoms with Crippen molar-refractivity contribution in [2.75, 3.05) is 11.1 Å². The summed E-state index contributed by atoms with van der Waals surface area (Å²) in [4.78, 5) is 33.9. The van der Waals surface area contributed by atoms with Gasteiger partial charge in [0, 0.05) is 11.8 Å². The number of rotatable bonds is 7. The highest BCUT2D eigenvalue weighted by Crippen LogP contribution is 2.22. The summed E-state index contributed by atoms with van der Waals surface area (Å²) in [6.45, 7) is 0.296. The first-order valence-corrected chi connectivity index (χ1v) is 8.98. The average molecular weight is 403 g/mol. The second-order valence-electron chi connectivity index (χ2n) is 5.64. The van der Waals surface area contributed by atoms with Crippen molar-refractivity contribution in [1.82, 2.24) is 14.8 Å². The van der Waals surface area contributed by atoms with E-state index < -0.39 is 28.0 Å². The number of amides is 1. The number of halogens is 1. The topological polar surface area (TPSA) is 123 Å². The van der Waals surface area contributed by atoms with Crippen LogP contribution in [0.25, 0.3) is 0 Å². The quantitative estimate of drug-likeness (QED) is 0.355. The standard InChI is InChI=1S/C17H14FN5O4S/c18-13-7-6-12(8-14(13)23(26)27)19-15(24)10-28-17-21-20-16(25)22(17)9-11-4-2-1-3-5-11/h1-8H,9-10H2,(H,19,24)(H,20,25). The molecule has 0 aliphatic heterocycles. The minimum atomic E-state index is -0.987. The second kappa shape index (κ2) is 8.48. The summed E-state index contributed by atoms with van der Waals surface area (Å²) in [5, 5.41) is 19.8. The minimum Gasteiger partial charge on any atom is -0.325 e. The number of benzene rings is 2. The molecule has 0 spiro atoms. The first-order chi connectivity index (χ1) is 13.4. The number of aromatic nitrogens is 3. The van der Waals surface area contributed by atoms with Crippen molar-refractivity contribution < 1.29 is 14.1 Å². The number of aromatic amines is 1. The van der Waals surface area contributed by atoms with Gasteiger partial charge in [0.05, 0.1) is 17.2 Å². The van der Waals surface area contributed by atoms with Crippen LogP contribution in [0.4, 0.5) is 15.8 Å². The van der Waals surface area contributed by atoms with Crippen molar-refractivity contribution in [3.05, 3.63) is 80.5 Å². The average Bonchev–Trinajstić information content (AvgIpc) is 3.02. The number of H-pyrrole nitrogens is 1. The zero-order chi connectivity index (χ0) is 20.1. The summed E-state index contributed by atoms with van der Waals surface area (Å²) in [5.74, 6) is -1.56. The maximum Gasteiger partial charge on any atom is 0.344 e. The third-order valence-corrected chi connectivity index (χ3v) is 4.64. The molecule has 2 aromatic carbocycles. The van der Waals surface area contributed by atoms with Crippen molar-refractivity contribution in [1.29, 1.82) is 0 Å². The summed E-state index contributed by atoms with van der Waals surface area (Å²) in [7, 11) is 0. The van der Waals surface area contributed by atoms with Crippen molar-refractivity contribution >= 4 is 29.0 Å². The number of nitro benzene ring substituents is 1. The van der Waals surface area contributed by atoms with E-state index in [1.54, 1.807) is 0 Å². The fourth-order valence-electron chi connectivity index (χ4n) is 2.38. The number of nitrogens with one attached hydrogen (secondary N) is 2. The van der Waals surface area contributed by atoms with Gasteiger partial charge in [0.2, 0.25) is 11.7 Å². The number of anilines is 1. The molecule has 0 aliphatic rings. The number of hydrogen-bond acceptors (Lipinski definition) is 6. The number of nitro groups is 1. The molecule has 0 bridgehead atoms. The molecule has 0 unspecified atom stereocenters. The van der Waals surface area contributed by atoms with E-state index in [9.17, 15) is 24.1 Å². The van der Waals surface area contributed by atoms with E-state index in [4.69, 9.17) is 0 Å². The highest BCUT2D eigenvalue weighted by Gasteiger charge is 2.16. The van der Waals surface area contributed by atoms with Crippen molar-refractivity contribution in [3.63, 3.8) is 0 Å². The highest BCUT2D eigenvalue weighted by atomic mass is 32.2. The van der Waals surface area contributed by atoms with Crippen LogP contribution in [-0.2, 0) is 11.3 Å². The summed E-state index contributed by atoms with van der Waals surface area (Å²) in [6.07, 6.45) is 0. The first kappa shape index (κ1) is 19.3. The van der Waals surface area contributed by atoms with Crippen LogP contribution in [0.2, 0.25) is 0 Å². The van der Waals surface area contributed by atoms with Gasteiger partial charge in [-0.2, -0.15) is 4.39 Å². The first-order valence-electron chi connectivity index (χ1n) is 8.00. The Morgan fingerprint density at radius 1 is 1.29 bits per heavy atom. The molecule has 0 radical (unpaired) electrons. The molecule has 0 aliphatic carbocycles. The van der Waals surface area contributed by atoms with E-state index in [1.165, 1.54) is 10.6 Å². The number of thioether (sulfide) groups is 1. The van der Waals surface area contributed by atoms with Crippen LogP contribution < -0.4 is 11.0 Å². The van der Waals surface area contributed by atoms with Gasteiger partial charge in [-0.1, -0.05) is 42.1 Å². The predicted molar refractivity (Wildman–Crippen MR) is 101 cm³/mol. The summed E-state index contributed by atoms with van der Waals surface area (Å²) in [6, 6.07) is 12.4. The largest absolute Gasteiger partial charge is 0.344 e. The molecule has 1 heterocycles. The van der Waals surface area contributed by atoms with Gasteiger partial charge in [-0.05, 0) is 17.7 Å². The third-order valence-electron chi connectivity index (χ3n) is 3.67. The lowest BCUT2D eigenvalue weighted by Gasteiger charge is -2.07. The maximum absolute atomic E-state index is 13.4. The summed E-state index contributed by atoms with van der Waals surface area (Å²) >= 11 is 1.03. The fraction of sp³-hybridized carbons (Fsp3) is 0.118. The van der Waals surface area contributed by atoms with Gasteiger partial charge >= 0.3 is 11.4 Å². The predicted octanol–water partition coefficient (Wildman–Crippen LogP) is 2.40. The minimum absolute atomic E-state index is 0.0930. The Balaban J connectivity index is 1.65. The Bertz CT molecular complexity index is 1070. The highest BCUT2D eigenvalue weighted by molar-refractivity contribution is 7.99. The SMILES string of the molecule is O=C(CSc1n[nH]c(=O)n1Cc1ccccc1)Nc1ccc(F)c([N+](=O)[O-])c1. The third kappa shape index (κ3) is 4.62. The summed E-state index contributed by atoms with van der Waals surface area (Å²) in [5.41, 5.74) is -0.131. The van der Waals surface area contributed by atoms with Crippen LogP contribution in [0, 0.1) is 15.9 Å². The molecule has 0 saturated carbocycles. The lowest BCUT2D eigenvalue weighted by atomic mass is 10.2. The van der Waals surface area contributed by atoms with Gasteiger partial charge in [0.15, 0.2) is 5.16 Å². The molecule has 0 saturated heterocycles. The van der Waals surface area contributed by atoms with E-state index >= 15 is 0 Å². The van der Waals surface area contributed by atoms with Crippen LogP contribution in [0.15, 0.2) is 58.5 Å². The number of carbonyl (C=O) groups excluding carboxylic acids is 1. The number of carbonyl (C=O) groups is 1. The van der Waals surface area contributed by atoms with Crippen LogP contribution in [0.3, 0.4) is 0 Å². The molecule has 2 N–H and O–H groups in total. The number of nitrogens with zero attached hydrogens (tertiary/aromatic N) is 3. The van der Waals surface area contributed by atoms with Crippen LogP contribution in [0.5, 0.6) is 0 Å². The van der Waals surface area contributed by atoms with E-state index in [0.29, 0.717) is 11.7 Å². The molecule has 9 nitrogen and oxygen atoms in total. The number of hydrogen-bond donors (Lipinski definition) is 2. The second-order valence-corrected chi connectivity index (χ2v) is 6.59. The van der Waals surface area contributed by atoms with Gasteiger partial charge in [0.1, 0.15) is 0 Å². The molecule has 1 aromatic heterocycles. The molecule has 3 rings (SSSR count). The van der Waals surface area contributed by atoms with Crippen LogP contribution in [0.1, 0.15) is 5.56 Å². The Labute approximate surface area is 161 Å². The Hall–Kier alpha value is -3.47. The van der Waals surface area contributed by atoms with Gasteiger partial charge in [-0.3, -0.25) is 19.5 Å². The molecule has 0 fully saturated rings.